The van der Waals surface area contributed by atoms with E-state index in [4.69, 9.17) is 24.8 Å². The van der Waals surface area contributed by atoms with Gasteiger partial charge in [-0.3, -0.25) is 23.4 Å². The Kier molecular flexibility index (Phi) is 21.5. The number of hydrogen-bond acceptors (Lipinski definition) is 9. The predicted octanol–water partition coefficient (Wildman–Crippen LogP) is 4.88. The number of carbonyl (C=O) groups excluding carboxylic acids is 2. The molecular weight excluding hydrogens is 505 g/mol. The van der Waals surface area contributed by atoms with Gasteiger partial charge in [0.2, 0.25) is 0 Å². The van der Waals surface area contributed by atoms with Crippen molar-refractivity contribution < 1.29 is 47.5 Å². The summed E-state index contributed by atoms with van der Waals surface area (Å²) in [4.78, 5) is 44.1. The van der Waals surface area contributed by atoms with E-state index in [0.29, 0.717) is 6.42 Å². The molecule has 4 N–H and O–H groups in total. The zero-order valence-corrected chi connectivity index (χ0v) is 23.5. The molecule has 3 unspecified atom stereocenters. The summed E-state index contributed by atoms with van der Waals surface area (Å²) < 4.78 is 31.5. The predicted molar refractivity (Wildman–Crippen MR) is 139 cm³/mol. The number of carboxylic acid groups (broad SMARTS) is 1. The average Bonchev–Trinajstić information content (AvgIpc) is 2.86. The Balaban J connectivity index is 4.20. The molecule has 0 bridgehead atoms. The fourth-order valence-electron chi connectivity index (χ4n) is 3.40. The van der Waals surface area contributed by atoms with Crippen LogP contribution < -0.4 is 5.73 Å². The first-order valence-corrected chi connectivity index (χ1v) is 15.1. The highest BCUT2D eigenvalue weighted by molar-refractivity contribution is 7.47. The number of ether oxygens (including phenoxy) is 2. The second-order valence-electron chi connectivity index (χ2n) is 9.15. The monoisotopic (exact) mass is 553 g/mol. The van der Waals surface area contributed by atoms with Crippen LogP contribution in [0.25, 0.3) is 0 Å². The van der Waals surface area contributed by atoms with Crippen LogP contribution >= 0.6 is 7.82 Å². The third-order valence-corrected chi connectivity index (χ3v) is 6.61. The first kappa shape index (κ1) is 35.5. The van der Waals surface area contributed by atoms with Crippen LogP contribution in [0.15, 0.2) is 0 Å². The molecule has 37 heavy (non-hydrogen) atoms. The van der Waals surface area contributed by atoms with Crippen LogP contribution in [0.3, 0.4) is 0 Å². The number of phosphoric acid groups is 1. The Labute approximate surface area is 221 Å². The maximum absolute atomic E-state index is 12.2. The van der Waals surface area contributed by atoms with Crippen LogP contribution in [0.1, 0.15) is 110 Å². The molecule has 0 fully saturated rings. The van der Waals surface area contributed by atoms with Gasteiger partial charge in [-0.15, -0.1) is 0 Å². The van der Waals surface area contributed by atoms with Crippen LogP contribution in [0.4, 0.5) is 0 Å². The standard InChI is InChI=1S/C25H48NO10P/c1-3-5-6-7-8-9-10-11-12-13-14-15-16-17-24(28)36-21(18-33-23(27)4-2)19-34-37(31,32)35-20-22(26)25(29)30/h21-22H,3-20,26H2,1-2H3,(H,29,30)(H,31,32). The van der Waals surface area contributed by atoms with Crippen molar-refractivity contribution in [2.75, 3.05) is 19.8 Å². The highest BCUT2D eigenvalue weighted by Crippen LogP contribution is 2.43. The second-order valence-corrected chi connectivity index (χ2v) is 10.6. The van der Waals surface area contributed by atoms with E-state index in [2.05, 4.69) is 11.4 Å². The van der Waals surface area contributed by atoms with Gasteiger partial charge in [0.05, 0.1) is 13.2 Å². The smallest absolute Gasteiger partial charge is 0.472 e. The zero-order chi connectivity index (χ0) is 27.9. The summed E-state index contributed by atoms with van der Waals surface area (Å²) in [5.74, 6) is -2.48. The molecule has 0 spiro atoms. The summed E-state index contributed by atoms with van der Waals surface area (Å²) in [7, 11) is -4.66. The number of carboxylic acids is 1. The van der Waals surface area contributed by atoms with Crippen LogP contribution in [0.5, 0.6) is 0 Å². The number of carbonyl (C=O) groups is 3. The van der Waals surface area contributed by atoms with Crippen molar-refractivity contribution in [3.05, 3.63) is 0 Å². The van der Waals surface area contributed by atoms with Crippen LogP contribution in [0, 0.1) is 0 Å². The topological polar surface area (TPSA) is 172 Å². The number of phosphoric ester groups is 1. The molecule has 0 saturated heterocycles. The van der Waals surface area contributed by atoms with E-state index in [1.807, 2.05) is 0 Å². The van der Waals surface area contributed by atoms with Gasteiger partial charge in [-0.2, -0.15) is 0 Å². The number of aliphatic carboxylic acids is 1. The Morgan fingerprint density at radius 3 is 1.73 bits per heavy atom. The summed E-state index contributed by atoms with van der Waals surface area (Å²) in [6.45, 7) is 2.12. The third-order valence-electron chi connectivity index (χ3n) is 5.66. The van der Waals surface area contributed by atoms with Crippen molar-refractivity contribution >= 4 is 25.7 Å². The molecule has 0 rings (SSSR count). The van der Waals surface area contributed by atoms with Gasteiger partial charge >= 0.3 is 25.7 Å². The van der Waals surface area contributed by atoms with E-state index in [1.165, 1.54) is 57.8 Å². The quantitative estimate of drug-likeness (QED) is 0.0799. The van der Waals surface area contributed by atoms with Gasteiger partial charge in [0.15, 0.2) is 6.10 Å². The van der Waals surface area contributed by atoms with E-state index in [-0.39, 0.29) is 19.4 Å². The number of esters is 2. The average molecular weight is 554 g/mol. The van der Waals surface area contributed by atoms with E-state index in [9.17, 15) is 23.8 Å². The number of nitrogens with two attached hydrogens (primary N) is 1. The van der Waals surface area contributed by atoms with E-state index in [0.717, 1.165) is 19.3 Å². The lowest BCUT2D eigenvalue weighted by molar-refractivity contribution is -0.161. The van der Waals surface area contributed by atoms with Crippen LogP contribution in [0.2, 0.25) is 0 Å². The SMILES string of the molecule is CCCCCCCCCCCCCCCC(=O)OC(COC(=O)CC)COP(=O)(O)OCC(N)C(=O)O. The van der Waals surface area contributed by atoms with Crippen molar-refractivity contribution in [1.29, 1.82) is 0 Å². The Bertz CT molecular complexity index is 676. The normalized spacial score (nSPS) is 14.5. The Morgan fingerprint density at radius 1 is 0.757 bits per heavy atom. The molecule has 0 radical (unpaired) electrons. The minimum Gasteiger partial charge on any atom is -0.480 e. The molecule has 0 heterocycles. The molecule has 11 nitrogen and oxygen atoms in total. The van der Waals surface area contributed by atoms with Crippen molar-refractivity contribution in [3.8, 4) is 0 Å². The Morgan fingerprint density at radius 2 is 1.24 bits per heavy atom. The number of unbranched alkanes of at least 4 members (excludes halogenated alkanes) is 12. The van der Waals surface area contributed by atoms with Crippen molar-refractivity contribution in [3.63, 3.8) is 0 Å². The van der Waals surface area contributed by atoms with Gasteiger partial charge in [-0.05, 0) is 6.42 Å². The van der Waals surface area contributed by atoms with Gasteiger partial charge in [-0.1, -0.05) is 90.9 Å². The minimum absolute atomic E-state index is 0.106. The number of hydrogen-bond donors (Lipinski definition) is 3. The first-order valence-electron chi connectivity index (χ1n) is 13.6. The molecule has 0 aliphatic heterocycles. The summed E-state index contributed by atoms with van der Waals surface area (Å²) in [5.41, 5.74) is 5.23. The first-order chi connectivity index (χ1) is 17.6. The van der Waals surface area contributed by atoms with Crippen LogP contribution in [-0.2, 0) is 37.5 Å². The molecule has 218 valence electrons. The summed E-state index contributed by atoms with van der Waals surface area (Å²) in [6, 6.07) is -1.51. The second kappa shape index (κ2) is 22.5. The molecule has 0 saturated carbocycles. The summed E-state index contributed by atoms with van der Waals surface area (Å²) in [6.07, 6.45) is 14.5. The van der Waals surface area contributed by atoms with Gasteiger partial charge in [0, 0.05) is 12.8 Å². The van der Waals surface area contributed by atoms with Crippen LogP contribution in [-0.4, -0.2) is 59.9 Å². The van der Waals surface area contributed by atoms with Gasteiger partial charge in [-0.25, -0.2) is 4.57 Å². The maximum Gasteiger partial charge on any atom is 0.472 e. The lowest BCUT2D eigenvalue weighted by Gasteiger charge is -2.20. The molecule has 0 aliphatic carbocycles. The minimum atomic E-state index is -4.66. The molecule has 0 amide bonds. The molecule has 0 aliphatic rings. The zero-order valence-electron chi connectivity index (χ0n) is 22.6. The Hall–Kier alpha value is -1.52. The largest absolute Gasteiger partial charge is 0.480 e. The lowest BCUT2D eigenvalue weighted by Crippen LogP contribution is -2.34. The fourth-order valence-corrected chi connectivity index (χ4v) is 4.17. The van der Waals surface area contributed by atoms with E-state index >= 15 is 0 Å². The molecule has 0 aromatic rings. The molecule has 0 aromatic carbocycles. The fraction of sp³-hybridized carbons (Fsp3) is 0.880. The molecule has 3 atom stereocenters. The lowest BCUT2D eigenvalue weighted by atomic mass is 10.0. The van der Waals surface area contributed by atoms with E-state index < -0.39 is 51.1 Å². The maximum atomic E-state index is 12.2. The van der Waals surface area contributed by atoms with Gasteiger partial charge in [0.1, 0.15) is 12.6 Å². The summed E-state index contributed by atoms with van der Waals surface area (Å²) >= 11 is 0. The van der Waals surface area contributed by atoms with Crippen molar-refractivity contribution in [2.45, 2.75) is 122 Å². The highest BCUT2D eigenvalue weighted by Gasteiger charge is 2.28. The van der Waals surface area contributed by atoms with Gasteiger partial charge < -0.3 is 25.2 Å². The molecule has 12 heteroatoms. The molecule has 0 aromatic heterocycles. The number of rotatable bonds is 25. The highest BCUT2D eigenvalue weighted by atomic mass is 31.2. The third kappa shape index (κ3) is 22.2. The van der Waals surface area contributed by atoms with Crippen molar-refractivity contribution in [1.82, 2.24) is 0 Å². The summed E-state index contributed by atoms with van der Waals surface area (Å²) in [5, 5.41) is 8.71. The van der Waals surface area contributed by atoms with Gasteiger partial charge in [0.25, 0.3) is 0 Å². The van der Waals surface area contributed by atoms with E-state index in [1.54, 1.807) is 6.92 Å². The van der Waals surface area contributed by atoms with Crippen molar-refractivity contribution in [2.24, 2.45) is 5.73 Å². The molecular formula is C25H48NO10P.